The smallest absolute Gasteiger partial charge is 0.355 e. The quantitative estimate of drug-likeness (QED) is 0.132. The summed E-state index contributed by atoms with van der Waals surface area (Å²) in [6.45, 7) is -0.194. The zero-order valence-corrected chi connectivity index (χ0v) is 20.6. The topological polar surface area (TPSA) is 86.2 Å². The standard InChI is InChI=1S/C25H18Cl2N2O5S/c1-32-19-10-11-20-21(12-19)35-24(23(20)27)25(31)34-18-6-2-15(3-7-18)13-28-29-22(30)14-33-17-8-4-16(26)5-9-17/h2-13H,14H2,1H3,(H,29,30)/b28-13+. The van der Waals surface area contributed by atoms with Crippen LogP contribution in [0.5, 0.6) is 17.2 Å². The number of carbonyl (C=O) groups is 2. The molecule has 7 nitrogen and oxygen atoms in total. The third-order valence-electron chi connectivity index (χ3n) is 4.70. The molecule has 0 fully saturated rings. The average molecular weight is 529 g/mol. The predicted octanol–water partition coefficient (Wildman–Crippen LogP) is 5.97. The lowest BCUT2D eigenvalue weighted by Gasteiger charge is -2.05. The molecule has 4 rings (SSSR count). The Balaban J connectivity index is 1.30. The summed E-state index contributed by atoms with van der Waals surface area (Å²) in [5.74, 6) is 0.580. The van der Waals surface area contributed by atoms with Gasteiger partial charge in [0.05, 0.1) is 18.3 Å². The van der Waals surface area contributed by atoms with Crippen LogP contribution in [0.3, 0.4) is 0 Å². The van der Waals surface area contributed by atoms with Crippen LogP contribution >= 0.6 is 34.5 Å². The summed E-state index contributed by atoms with van der Waals surface area (Å²) >= 11 is 13.4. The highest BCUT2D eigenvalue weighted by atomic mass is 35.5. The zero-order valence-electron chi connectivity index (χ0n) is 18.3. The van der Waals surface area contributed by atoms with Gasteiger partial charge in [0.15, 0.2) is 6.61 Å². The van der Waals surface area contributed by atoms with E-state index in [-0.39, 0.29) is 6.61 Å². The van der Waals surface area contributed by atoms with Crippen LogP contribution in [0.4, 0.5) is 0 Å². The van der Waals surface area contributed by atoms with Gasteiger partial charge in [0.25, 0.3) is 5.91 Å². The van der Waals surface area contributed by atoms with E-state index in [1.807, 2.05) is 6.07 Å². The van der Waals surface area contributed by atoms with Gasteiger partial charge in [0.2, 0.25) is 0 Å². The Labute approximate surface area is 214 Å². The molecule has 0 aliphatic carbocycles. The van der Waals surface area contributed by atoms with Crippen molar-refractivity contribution in [3.8, 4) is 17.2 Å². The van der Waals surface area contributed by atoms with E-state index in [0.717, 1.165) is 10.1 Å². The molecule has 1 aromatic heterocycles. The number of hydrogen-bond acceptors (Lipinski definition) is 7. The molecule has 0 spiro atoms. The summed E-state index contributed by atoms with van der Waals surface area (Å²) in [7, 11) is 1.57. The maximum absolute atomic E-state index is 12.7. The minimum absolute atomic E-state index is 0.194. The number of rotatable bonds is 8. The fourth-order valence-corrected chi connectivity index (χ4v) is 4.51. The largest absolute Gasteiger partial charge is 0.497 e. The molecule has 0 aliphatic rings. The molecule has 0 unspecified atom stereocenters. The Kier molecular flexibility index (Phi) is 7.87. The van der Waals surface area contributed by atoms with E-state index in [2.05, 4.69) is 10.5 Å². The molecule has 4 aromatic rings. The van der Waals surface area contributed by atoms with Gasteiger partial charge in [0.1, 0.15) is 22.1 Å². The molecule has 1 heterocycles. The molecule has 1 amide bonds. The van der Waals surface area contributed by atoms with Crippen LogP contribution in [0.2, 0.25) is 10.0 Å². The first kappa shape index (κ1) is 24.5. The van der Waals surface area contributed by atoms with Crippen molar-refractivity contribution in [2.45, 2.75) is 0 Å². The average Bonchev–Trinajstić information content (AvgIpc) is 3.20. The maximum Gasteiger partial charge on any atom is 0.355 e. The molecular formula is C25H18Cl2N2O5S. The van der Waals surface area contributed by atoms with Gasteiger partial charge in [-0.25, -0.2) is 10.2 Å². The number of nitrogens with zero attached hydrogens (tertiary/aromatic N) is 1. The van der Waals surface area contributed by atoms with E-state index in [1.54, 1.807) is 67.8 Å². The Bertz CT molecular complexity index is 1390. The molecule has 0 saturated carbocycles. The van der Waals surface area contributed by atoms with Crippen LogP contribution in [0, 0.1) is 0 Å². The SMILES string of the molecule is COc1ccc2c(Cl)c(C(=O)Oc3ccc(/C=N/NC(=O)COc4ccc(Cl)cc4)cc3)sc2c1. The number of halogens is 2. The van der Waals surface area contributed by atoms with Crippen molar-refractivity contribution in [3.63, 3.8) is 0 Å². The lowest BCUT2D eigenvalue weighted by molar-refractivity contribution is -0.123. The first-order valence-electron chi connectivity index (χ1n) is 10.2. The molecule has 178 valence electrons. The van der Waals surface area contributed by atoms with Crippen LogP contribution in [0.25, 0.3) is 10.1 Å². The highest BCUT2D eigenvalue weighted by Crippen LogP contribution is 2.37. The van der Waals surface area contributed by atoms with Crippen LogP contribution in [0.1, 0.15) is 15.2 Å². The second-order valence-corrected chi connectivity index (χ2v) is 8.97. The highest BCUT2D eigenvalue weighted by molar-refractivity contribution is 7.21. The molecule has 0 atom stereocenters. The van der Waals surface area contributed by atoms with Crippen molar-refractivity contribution in [1.29, 1.82) is 0 Å². The second-order valence-electron chi connectivity index (χ2n) is 7.10. The Hall–Kier alpha value is -3.59. The summed E-state index contributed by atoms with van der Waals surface area (Å²) in [6, 6.07) is 18.7. The van der Waals surface area contributed by atoms with Crippen molar-refractivity contribution >= 4 is 62.7 Å². The van der Waals surface area contributed by atoms with Crippen molar-refractivity contribution in [1.82, 2.24) is 5.43 Å². The summed E-state index contributed by atoms with van der Waals surface area (Å²) in [5.41, 5.74) is 3.07. The van der Waals surface area contributed by atoms with E-state index in [1.165, 1.54) is 17.6 Å². The summed E-state index contributed by atoms with van der Waals surface area (Å²) in [5, 5.41) is 5.58. The molecule has 0 saturated heterocycles. The summed E-state index contributed by atoms with van der Waals surface area (Å²) < 4.78 is 16.9. The Morgan fingerprint density at radius 2 is 1.66 bits per heavy atom. The number of amides is 1. The predicted molar refractivity (Wildman–Crippen MR) is 137 cm³/mol. The number of benzene rings is 3. The minimum atomic E-state index is -0.551. The summed E-state index contributed by atoms with van der Waals surface area (Å²) in [4.78, 5) is 24.8. The van der Waals surface area contributed by atoms with E-state index in [4.69, 9.17) is 37.4 Å². The van der Waals surface area contributed by atoms with E-state index in [0.29, 0.717) is 37.7 Å². The Morgan fingerprint density at radius 1 is 0.971 bits per heavy atom. The van der Waals surface area contributed by atoms with Crippen LogP contribution < -0.4 is 19.6 Å². The molecule has 0 aliphatic heterocycles. The van der Waals surface area contributed by atoms with Crippen LogP contribution in [-0.4, -0.2) is 31.8 Å². The number of carbonyl (C=O) groups excluding carboxylic acids is 2. The molecule has 1 N–H and O–H groups in total. The third-order valence-corrected chi connectivity index (χ3v) is 6.59. The molecular weight excluding hydrogens is 511 g/mol. The lowest BCUT2D eigenvalue weighted by Crippen LogP contribution is -2.24. The molecule has 0 bridgehead atoms. The van der Waals surface area contributed by atoms with Crippen molar-refractivity contribution in [2.75, 3.05) is 13.7 Å². The van der Waals surface area contributed by atoms with Gasteiger partial charge in [-0.2, -0.15) is 5.10 Å². The first-order chi connectivity index (χ1) is 16.9. The minimum Gasteiger partial charge on any atom is -0.497 e. The molecule has 0 radical (unpaired) electrons. The highest BCUT2D eigenvalue weighted by Gasteiger charge is 2.19. The number of esters is 1. The van der Waals surface area contributed by atoms with Crippen molar-refractivity contribution in [3.05, 3.63) is 87.2 Å². The number of fused-ring (bicyclic) bond motifs is 1. The van der Waals surface area contributed by atoms with Gasteiger partial charge < -0.3 is 14.2 Å². The van der Waals surface area contributed by atoms with Gasteiger partial charge in [-0.05, 0) is 72.3 Å². The molecule has 10 heteroatoms. The number of ether oxygens (including phenoxy) is 3. The number of hydrazone groups is 1. The maximum atomic E-state index is 12.7. The summed E-state index contributed by atoms with van der Waals surface area (Å²) in [6.07, 6.45) is 1.46. The molecule has 35 heavy (non-hydrogen) atoms. The van der Waals surface area contributed by atoms with E-state index >= 15 is 0 Å². The van der Waals surface area contributed by atoms with Crippen LogP contribution in [0.15, 0.2) is 71.8 Å². The molecule has 3 aromatic carbocycles. The van der Waals surface area contributed by atoms with Gasteiger partial charge in [0, 0.05) is 15.1 Å². The van der Waals surface area contributed by atoms with Gasteiger partial charge in [-0.3, -0.25) is 4.79 Å². The number of methoxy groups -OCH3 is 1. The monoisotopic (exact) mass is 528 g/mol. The lowest BCUT2D eigenvalue weighted by atomic mass is 10.2. The van der Waals surface area contributed by atoms with E-state index < -0.39 is 11.9 Å². The normalized spacial score (nSPS) is 10.9. The van der Waals surface area contributed by atoms with Gasteiger partial charge in [-0.1, -0.05) is 23.2 Å². The fourth-order valence-electron chi connectivity index (χ4n) is 2.97. The van der Waals surface area contributed by atoms with Crippen molar-refractivity contribution in [2.24, 2.45) is 5.10 Å². The Morgan fingerprint density at radius 3 is 2.37 bits per heavy atom. The zero-order chi connectivity index (χ0) is 24.8. The van der Waals surface area contributed by atoms with Crippen LogP contribution in [-0.2, 0) is 4.79 Å². The van der Waals surface area contributed by atoms with Crippen molar-refractivity contribution < 1.29 is 23.8 Å². The fraction of sp³-hybridized carbons (Fsp3) is 0.0800. The first-order valence-corrected chi connectivity index (χ1v) is 11.8. The van der Waals surface area contributed by atoms with Gasteiger partial charge in [-0.15, -0.1) is 11.3 Å². The number of thiophene rings is 1. The van der Waals surface area contributed by atoms with E-state index in [9.17, 15) is 9.59 Å². The number of nitrogens with one attached hydrogen (secondary N) is 1. The second kappa shape index (κ2) is 11.2. The number of hydrogen-bond donors (Lipinski definition) is 1. The van der Waals surface area contributed by atoms with Gasteiger partial charge >= 0.3 is 5.97 Å². The third kappa shape index (κ3) is 6.30.